The number of hydrogen-bond donors (Lipinski definition) is 0. The molecular formula is C10H12N2O. The zero-order valence-electron chi connectivity index (χ0n) is 7.87. The average molecular weight is 176 g/mol. The van der Waals surface area contributed by atoms with Gasteiger partial charge in [0.15, 0.2) is 5.78 Å². The number of rotatable bonds is 3. The van der Waals surface area contributed by atoms with Gasteiger partial charge in [-0.2, -0.15) is 0 Å². The van der Waals surface area contributed by atoms with Gasteiger partial charge in [0, 0.05) is 12.6 Å². The average Bonchev–Trinajstić information content (AvgIpc) is 2.04. The van der Waals surface area contributed by atoms with Crippen LogP contribution in [0.25, 0.3) is 0 Å². The SMILES string of the molecule is C=C(C)CC(=O)c1cnc(C)cn1. The Morgan fingerprint density at radius 2 is 2.15 bits per heavy atom. The maximum Gasteiger partial charge on any atom is 0.186 e. The Bertz CT molecular complexity index is 327. The fourth-order valence-corrected chi connectivity index (χ4v) is 0.901. The third-order valence-corrected chi connectivity index (χ3v) is 1.53. The second-order valence-corrected chi connectivity index (χ2v) is 3.10. The highest BCUT2D eigenvalue weighted by Crippen LogP contribution is 2.04. The second-order valence-electron chi connectivity index (χ2n) is 3.10. The molecule has 13 heavy (non-hydrogen) atoms. The van der Waals surface area contributed by atoms with Crippen LogP contribution in [-0.4, -0.2) is 15.8 Å². The molecule has 0 aromatic carbocycles. The zero-order valence-corrected chi connectivity index (χ0v) is 7.87. The lowest BCUT2D eigenvalue weighted by atomic mass is 10.1. The molecule has 0 amide bonds. The van der Waals surface area contributed by atoms with Gasteiger partial charge in [-0.3, -0.25) is 9.78 Å². The molecule has 0 unspecified atom stereocenters. The number of aryl methyl sites for hydroxylation is 1. The maximum absolute atomic E-state index is 11.4. The summed E-state index contributed by atoms with van der Waals surface area (Å²) in [6.07, 6.45) is 3.43. The summed E-state index contributed by atoms with van der Waals surface area (Å²) in [7, 11) is 0. The number of hydrogen-bond acceptors (Lipinski definition) is 3. The Hall–Kier alpha value is -1.51. The van der Waals surface area contributed by atoms with Gasteiger partial charge in [-0.25, -0.2) is 4.98 Å². The van der Waals surface area contributed by atoms with Crippen molar-refractivity contribution in [3.8, 4) is 0 Å². The fourth-order valence-electron chi connectivity index (χ4n) is 0.901. The summed E-state index contributed by atoms with van der Waals surface area (Å²) in [5.41, 5.74) is 2.06. The lowest BCUT2D eigenvalue weighted by Gasteiger charge is -1.98. The molecule has 3 heteroatoms. The first-order chi connectivity index (χ1) is 6.09. The van der Waals surface area contributed by atoms with Gasteiger partial charge >= 0.3 is 0 Å². The van der Waals surface area contributed by atoms with Gasteiger partial charge in [0.2, 0.25) is 0 Å². The van der Waals surface area contributed by atoms with E-state index in [0.29, 0.717) is 12.1 Å². The van der Waals surface area contributed by atoms with Crippen LogP contribution in [0.1, 0.15) is 29.5 Å². The van der Waals surface area contributed by atoms with E-state index in [9.17, 15) is 4.79 Å². The van der Waals surface area contributed by atoms with E-state index in [1.807, 2.05) is 13.8 Å². The van der Waals surface area contributed by atoms with Gasteiger partial charge in [0.1, 0.15) is 5.69 Å². The molecule has 68 valence electrons. The van der Waals surface area contributed by atoms with Crippen LogP contribution in [0.15, 0.2) is 24.5 Å². The van der Waals surface area contributed by atoms with E-state index in [1.54, 1.807) is 6.20 Å². The summed E-state index contributed by atoms with van der Waals surface area (Å²) in [6, 6.07) is 0. The molecule has 0 radical (unpaired) electrons. The van der Waals surface area contributed by atoms with Gasteiger partial charge in [-0.15, -0.1) is 0 Å². The van der Waals surface area contributed by atoms with E-state index in [2.05, 4.69) is 16.5 Å². The molecule has 0 saturated carbocycles. The number of Topliss-reactive ketones (excluding diaryl/α,β-unsaturated/α-hetero) is 1. The Morgan fingerprint density at radius 1 is 1.46 bits per heavy atom. The van der Waals surface area contributed by atoms with Crippen molar-refractivity contribution >= 4 is 5.78 Å². The van der Waals surface area contributed by atoms with Gasteiger partial charge < -0.3 is 0 Å². The Balaban J connectivity index is 2.78. The lowest BCUT2D eigenvalue weighted by molar-refractivity contribution is 0.0988. The van der Waals surface area contributed by atoms with Crippen LogP contribution in [-0.2, 0) is 0 Å². The van der Waals surface area contributed by atoms with E-state index >= 15 is 0 Å². The monoisotopic (exact) mass is 176 g/mol. The molecule has 1 rings (SSSR count). The van der Waals surface area contributed by atoms with Crippen LogP contribution in [0.3, 0.4) is 0 Å². The predicted molar refractivity (Wildman–Crippen MR) is 50.5 cm³/mol. The molecule has 0 aliphatic rings. The fraction of sp³-hybridized carbons (Fsp3) is 0.300. The summed E-state index contributed by atoms with van der Waals surface area (Å²) in [5.74, 6) is -0.0278. The minimum atomic E-state index is -0.0278. The molecule has 0 atom stereocenters. The highest BCUT2D eigenvalue weighted by Gasteiger charge is 2.06. The minimum Gasteiger partial charge on any atom is -0.292 e. The number of ketones is 1. The van der Waals surface area contributed by atoms with E-state index in [1.165, 1.54) is 6.20 Å². The van der Waals surface area contributed by atoms with Gasteiger partial charge in [-0.1, -0.05) is 12.2 Å². The topological polar surface area (TPSA) is 42.9 Å². The van der Waals surface area contributed by atoms with Gasteiger partial charge in [0.25, 0.3) is 0 Å². The number of carbonyl (C=O) groups is 1. The van der Waals surface area contributed by atoms with Crippen LogP contribution in [0, 0.1) is 6.92 Å². The molecule has 0 bridgehead atoms. The first kappa shape index (κ1) is 9.58. The molecule has 1 aromatic heterocycles. The van der Waals surface area contributed by atoms with Crippen molar-refractivity contribution in [3.63, 3.8) is 0 Å². The zero-order chi connectivity index (χ0) is 9.84. The van der Waals surface area contributed by atoms with E-state index in [-0.39, 0.29) is 5.78 Å². The Kier molecular flexibility index (Phi) is 2.90. The Morgan fingerprint density at radius 3 is 2.62 bits per heavy atom. The molecule has 0 aliphatic heterocycles. The molecule has 0 N–H and O–H groups in total. The summed E-state index contributed by atoms with van der Waals surface area (Å²) < 4.78 is 0. The van der Waals surface area contributed by atoms with Gasteiger partial charge in [-0.05, 0) is 13.8 Å². The second kappa shape index (κ2) is 3.94. The van der Waals surface area contributed by atoms with E-state index in [0.717, 1.165) is 11.3 Å². The third-order valence-electron chi connectivity index (χ3n) is 1.53. The van der Waals surface area contributed by atoms with Crippen LogP contribution in [0.2, 0.25) is 0 Å². The first-order valence-electron chi connectivity index (χ1n) is 4.06. The van der Waals surface area contributed by atoms with Crippen LogP contribution in [0.5, 0.6) is 0 Å². The summed E-state index contributed by atoms with van der Waals surface area (Å²) in [5, 5.41) is 0. The van der Waals surface area contributed by atoms with E-state index in [4.69, 9.17) is 0 Å². The Labute approximate surface area is 77.5 Å². The standard InChI is InChI=1S/C10H12N2O/c1-7(2)4-10(13)9-6-11-8(3)5-12-9/h5-6H,1,4H2,2-3H3. The molecule has 0 spiro atoms. The van der Waals surface area contributed by atoms with Crippen molar-refractivity contribution in [3.05, 3.63) is 35.9 Å². The number of nitrogens with zero attached hydrogens (tertiary/aromatic N) is 2. The quantitative estimate of drug-likeness (QED) is 0.522. The van der Waals surface area contributed by atoms with Crippen molar-refractivity contribution in [1.82, 2.24) is 9.97 Å². The molecule has 0 saturated heterocycles. The molecule has 0 fully saturated rings. The number of aromatic nitrogens is 2. The van der Waals surface area contributed by atoms with Crippen molar-refractivity contribution in [2.75, 3.05) is 0 Å². The predicted octanol–water partition coefficient (Wildman–Crippen LogP) is 1.93. The first-order valence-corrected chi connectivity index (χ1v) is 4.06. The largest absolute Gasteiger partial charge is 0.292 e. The number of carbonyl (C=O) groups excluding carboxylic acids is 1. The van der Waals surface area contributed by atoms with Gasteiger partial charge in [0.05, 0.1) is 11.9 Å². The van der Waals surface area contributed by atoms with Crippen molar-refractivity contribution < 1.29 is 4.79 Å². The molecular weight excluding hydrogens is 164 g/mol. The molecule has 0 aliphatic carbocycles. The minimum absolute atomic E-state index is 0.0278. The van der Waals surface area contributed by atoms with Crippen LogP contribution >= 0.6 is 0 Å². The van der Waals surface area contributed by atoms with Crippen LogP contribution < -0.4 is 0 Å². The van der Waals surface area contributed by atoms with Crippen molar-refractivity contribution in [1.29, 1.82) is 0 Å². The van der Waals surface area contributed by atoms with Crippen molar-refractivity contribution in [2.24, 2.45) is 0 Å². The van der Waals surface area contributed by atoms with Crippen molar-refractivity contribution in [2.45, 2.75) is 20.3 Å². The highest BCUT2D eigenvalue weighted by atomic mass is 16.1. The molecule has 3 nitrogen and oxygen atoms in total. The third kappa shape index (κ3) is 2.78. The summed E-state index contributed by atoms with van der Waals surface area (Å²) in [6.45, 7) is 7.32. The normalized spacial score (nSPS) is 9.69. The van der Waals surface area contributed by atoms with E-state index < -0.39 is 0 Å². The lowest BCUT2D eigenvalue weighted by Crippen LogP contribution is -2.03. The summed E-state index contributed by atoms with van der Waals surface area (Å²) in [4.78, 5) is 19.4. The smallest absolute Gasteiger partial charge is 0.186 e. The maximum atomic E-state index is 11.4. The van der Waals surface area contributed by atoms with Crippen LogP contribution in [0.4, 0.5) is 0 Å². The highest BCUT2D eigenvalue weighted by molar-refractivity contribution is 5.95. The molecule has 1 heterocycles. The number of allylic oxidation sites excluding steroid dienone is 1. The molecule has 1 aromatic rings. The summed E-state index contributed by atoms with van der Waals surface area (Å²) >= 11 is 0.